The summed E-state index contributed by atoms with van der Waals surface area (Å²) in [6, 6.07) is 92.6. The molecular weight excluding hydrogens is 1030 g/mol. The molecule has 12 aromatic carbocycles. The molecule has 1 aromatic heterocycles. The number of rotatable bonds is 6. The quantitative estimate of drug-likeness (QED) is 0.121. The van der Waals surface area contributed by atoms with Crippen molar-refractivity contribution in [3.63, 3.8) is 0 Å². The maximum atomic E-state index is 2.70. The largest absolute Gasteiger partial charge is 0.311 e. The summed E-state index contributed by atoms with van der Waals surface area (Å²) in [6.07, 6.45) is 0. The maximum absolute atomic E-state index is 2.70. The van der Waals surface area contributed by atoms with Crippen LogP contribution in [-0.2, 0) is 16.2 Å². The second-order valence-electron chi connectivity index (χ2n) is 26.5. The predicted molar refractivity (Wildman–Crippen MR) is 366 cm³/mol. The lowest BCUT2D eigenvalue weighted by atomic mass is 9.36. The van der Waals surface area contributed by atoms with Crippen LogP contribution in [0.3, 0.4) is 0 Å². The second-order valence-corrected chi connectivity index (χ2v) is 27.5. The van der Waals surface area contributed by atoms with E-state index in [0.717, 1.165) is 5.69 Å². The number of hydrogen-bond acceptors (Lipinski definition) is 3. The second kappa shape index (κ2) is 19.3. The van der Waals surface area contributed by atoms with Gasteiger partial charge in [-0.3, -0.25) is 0 Å². The van der Waals surface area contributed by atoms with E-state index in [9.17, 15) is 0 Å². The molecule has 0 aliphatic carbocycles. The summed E-state index contributed by atoms with van der Waals surface area (Å²) in [5.74, 6) is 0. The third-order valence-electron chi connectivity index (χ3n) is 18.1. The van der Waals surface area contributed by atoms with Crippen molar-refractivity contribution in [2.24, 2.45) is 0 Å². The summed E-state index contributed by atoms with van der Waals surface area (Å²) in [5.41, 5.74) is 23.2. The molecule has 0 unspecified atom stereocenters. The van der Waals surface area contributed by atoms with Gasteiger partial charge in [0.2, 0.25) is 0 Å². The van der Waals surface area contributed by atoms with E-state index in [-0.39, 0.29) is 23.0 Å². The van der Waals surface area contributed by atoms with E-state index in [1.54, 1.807) is 0 Å². The van der Waals surface area contributed by atoms with Gasteiger partial charge < -0.3 is 9.80 Å². The predicted octanol–water partition coefficient (Wildman–Crippen LogP) is 21.0. The maximum Gasteiger partial charge on any atom is 0.264 e. The molecule has 84 heavy (non-hydrogen) atoms. The highest BCUT2D eigenvalue weighted by molar-refractivity contribution is 7.33. The Bertz CT molecular complexity index is 4690. The first-order valence-corrected chi connectivity index (χ1v) is 30.7. The molecule has 0 fully saturated rings. The molecule has 0 N–H and O–H groups in total. The van der Waals surface area contributed by atoms with Gasteiger partial charge in [0.25, 0.3) is 6.71 Å². The minimum absolute atomic E-state index is 0.0408. The van der Waals surface area contributed by atoms with Crippen molar-refractivity contribution in [2.75, 3.05) is 9.80 Å². The molecule has 406 valence electrons. The zero-order valence-electron chi connectivity index (χ0n) is 49.5. The fourth-order valence-electron chi connectivity index (χ4n) is 13.7. The Morgan fingerprint density at radius 1 is 0.298 bits per heavy atom. The Hall–Kier alpha value is -8.96. The fraction of sp³-hybridized carbons (Fsp3) is 0.150. The monoisotopic (exact) mass is 1100 g/mol. The summed E-state index contributed by atoms with van der Waals surface area (Å²) in [6.45, 7) is 20.9. The van der Waals surface area contributed by atoms with Gasteiger partial charge in [-0.2, -0.15) is 0 Å². The van der Waals surface area contributed by atoms with Crippen LogP contribution >= 0.6 is 11.3 Å². The van der Waals surface area contributed by atoms with E-state index in [0.29, 0.717) is 0 Å². The zero-order chi connectivity index (χ0) is 57.4. The van der Waals surface area contributed by atoms with Crippen molar-refractivity contribution in [3.8, 4) is 44.5 Å². The highest BCUT2D eigenvalue weighted by Crippen LogP contribution is 2.54. The van der Waals surface area contributed by atoms with Gasteiger partial charge in [0.05, 0.1) is 17.1 Å². The van der Waals surface area contributed by atoms with Crippen LogP contribution < -0.4 is 25.5 Å². The number of nitrogens with zero attached hydrogens (tertiary/aromatic N) is 2. The lowest BCUT2D eigenvalue weighted by Crippen LogP contribution is -2.60. The Balaban J connectivity index is 1.06. The Kier molecular flexibility index (Phi) is 11.9. The molecule has 0 radical (unpaired) electrons. The van der Waals surface area contributed by atoms with Gasteiger partial charge in [0, 0.05) is 48.6 Å². The number of benzene rings is 12. The molecule has 0 bridgehead atoms. The first kappa shape index (κ1) is 51.9. The van der Waals surface area contributed by atoms with Crippen LogP contribution in [0.5, 0.6) is 0 Å². The van der Waals surface area contributed by atoms with Crippen molar-refractivity contribution in [1.82, 2.24) is 0 Å². The lowest BCUT2D eigenvalue weighted by molar-refractivity contribution is 0.590. The van der Waals surface area contributed by atoms with Crippen LogP contribution in [0.2, 0.25) is 0 Å². The lowest BCUT2D eigenvalue weighted by Gasteiger charge is -2.44. The molecule has 0 saturated heterocycles. The van der Waals surface area contributed by atoms with Crippen molar-refractivity contribution in [1.29, 1.82) is 0 Å². The molecule has 13 aromatic rings. The topological polar surface area (TPSA) is 6.48 Å². The average Bonchev–Trinajstić information content (AvgIpc) is 1.32. The van der Waals surface area contributed by atoms with E-state index < -0.39 is 0 Å². The van der Waals surface area contributed by atoms with Crippen LogP contribution in [0.1, 0.15) is 79.0 Å². The molecule has 4 heteroatoms. The van der Waals surface area contributed by atoms with Crippen LogP contribution in [0, 0.1) is 0 Å². The van der Waals surface area contributed by atoms with E-state index >= 15 is 0 Å². The molecule has 3 heterocycles. The van der Waals surface area contributed by atoms with Crippen molar-refractivity contribution in [3.05, 3.63) is 259 Å². The van der Waals surface area contributed by atoms with Crippen LogP contribution in [0.4, 0.5) is 34.1 Å². The zero-order valence-corrected chi connectivity index (χ0v) is 50.3. The van der Waals surface area contributed by atoms with E-state index in [4.69, 9.17) is 0 Å². The normalized spacial score (nSPS) is 13.2. The van der Waals surface area contributed by atoms with Crippen molar-refractivity contribution >= 4 is 110 Å². The summed E-state index contributed by atoms with van der Waals surface area (Å²) < 4.78 is 2.65. The summed E-state index contributed by atoms with van der Waals surface area (Å²) in [4.78, 5) is 5.33. The first-order valence-electron chi connectivity index (χ1n) is 29.9. The van der Waals surface area contributed by atoms with Gasteiger partial charge in [0.15, 0.2) is 0 Å². The fourth-order valence-corrected chi connectivity index (χ4v) is 15.0. The first-order chi connectivity index (χ1) is 40.6. The minimum Gasteiger partial charge on any atom is -0.311 e. The Labute approximate surface area is 499 Å². The summed E-state index contributed by atoms with van der Waals surface area (Å²) in [7, 11) is 0. The Morgan fingerprint density at radius 2 is 0.786 bits per heavy atom. The smallest absolute Gasteiger partial charge is 0.264 e. The SMILES string of the molecule is CC(C)(C)c1ccc(-c2ccc3c(c2)B2c4sc5ccc(C(C)(C)C)cc5c4N(c4c(-c5ccccc5)cccc4-c4ccccc4)c4cccc(c42)N3c2ccc(C(C)(C)C)cc2-c2ccc3c4ccccc4c4ccccc4c3c2)cc1. The number of para-hydroxylation sites is 1. The molecule has 2 aliphatic heterocycles. The average molecular weight is 1100 g/mol. The molecule has 0 amide bonds. The number of thiophene rings is 1. The van der Waals surface area contributed by atoms with Gasteiger partial charge in [-0.05, 0) is 153 Å². The molecule has 0 atom stereocenters. The van der Waals surface area contributed by atoms with Crippen LogP contribution in [-0.4, -0.2) is 6.71 Å². The molecule has 0 spiro atoms. The van der Waals surface area contributed by atoms with Crippen LogP contribution in [0.15, 0.2) is 243 Å². The molecule has 2 nitrogen and oxygen atoms in total. The van der Waals surface area contributed by atoms with Gasteiger partial charge in [-0.25, -0.2) is 0 Å². The number of hydrogen-bond donors (Lipinski definition) is 0. The summed E-state index contributed by atoms with van der Waals surface area (Å²) in [5, 5.41) is 8.94. The number of fused-ring (bicyclic) bond motifs is 12. The Morgan fingerprint density at radius 3 is 1.39 bits per heavy atom. The van der Waals surface area contributed by atoms with E-state index in [1.807, 2.05) is 11.3 Å². The highest BCUT2D eigenvalue weighted by Gasteiger charge is 2.46. The van der Waals surface area contributed by atoms with Gasteiger partial charge in [-0.15, -0.1) is 11.3 Å². The minimum atomic E-state index is -0.102. The molecule has 2 aliphatic rings. The summed E-state index contributed by atoms with van der Waals surface area (Å²) >= 11 is 1.97. The third-order valence-corrected chi connectivity index (χ3v) is 19.3. The van der Waals surface area contributed by atoms with E-state index in [1.165, 1.54) is 148 Å². The highest BCUT2D eigenvalue weighted by atomic mass is 32.1. The molecule has 0 saturated carbocycles. The van der Waals surface area contributed by atoms with Gasteiger partial charge in [-0.1, -0.05) is 256 Å². The van der Waals surface area contributed by atoms with Crippen molar-refractivity contribution in [2.45, 2.75) is 78.6 Å². The van der Waals surface area contributed by atoms with Crippen molar-refractivity contribution < 1.29 is 0 Å². The van der Waals surface area contributed by atoms with Gasteiger partial charge in [0.1, 0.15) is 0 Å². The van der Waals surface area contributed by atoms with Crippen LogP contribution in [0.25, 0.3) is 86.9 Å². The van der Waals surface area contributed by atoms with Gasteiger partial charge >= 0.3 is 0 Å². The molecular formula is C80H67BN2S. The van der Waals surface area contributed by atoms with E-state index in [2.05, 4.69) is 315 Å². The molecule has 15 rings (SSSR count). The number of anilines is 6. The standard InChI is InChI=1S/C80H67BN2S/c1-78(2,3)55-38-34-50(35-39-55)53-37-43-70-68(47-53)81-74-71(82(70)69-44-40-56(79(4,5)6)48-65(69)54-36-42-64-62-28-17-16-26-60(62)61-27-18-19-29-63(61)66(64)46-54)32-21-33-72(74)83(76-67-49-57(80(7,8)9)41-45-73(67)84-77(76)81)75-58(51-22-12-10-13-23-51)30-20-31-59(75)52-24-14-11-15-25-52/h10-49H,1-9H3. The third kappa shape index (κ3) is 8.35.